The first-order valence-electron chi connectivity index (χ1n) is 16.7. The summed E-state index contributed by atoms with van der Waals surface area (Å²) in [6.45, 7) is 2.11. The lowest BCUT2D eigenvalue weighted by Gasteiger charge is -2.37. The van der Waals surface area contributed by atoms with Crippen LogP contribution in [0.2, 0.25) is 0 Å². The summed E-state index contributed by atoms with van der Waals surface area (Å²) in [5.74, 6) is -4.92. The van der Waals surface area contributed by atoms with Gasteiger partial charge in [-0.1, -0.05) is 42.5 Å². The number of carbonyl (C=O) groups excluding carboxylic acids is 6. The monoisotopic (exact) mass is 679 g/mol. The molecule has 2 heterocycles. The smallest absolute Gasteiger partial charge is 0.303 e. The van der Waals surface area contributed by atoms with Crippen LogP contribution in [-0.2, 0) is 44.7 Å². The maximum atomic E-state index is 14.0. The zero-order valence-electron chi connectivity index (χ0n) is 27.7. The highest BCUT2D eigenvalue weighted by molar-refractivity contribution is 5.96. The molecule has 14 heteroatoms. The Bertz CT molecular complexity index is 1560. The van der Waals surface area contributed by atoms with Gasteiger partial charge in [-0.25, -0.2) is 0 Å². The van der Waals surface area contributed by atoms with Crippen molar-refractivity contribution in [2.75, 3.05) is 19.7 Å². The first kappa shape index (κ1) is 37.0. The van der Waals surface area contributed by atoms with Crippen molar-refractivity contribution in [2.45, 2.75) is 88.9 Å². The van der Waals surface area contributed by atoms with Crippen LogP contribution in [0.15, 0.2) is 42.5 Å². The third kappa shape index (κ3) is 11.1. The van der Waals surface area contributed by atoms with Gasteiger partial charge < -0.3 is 36.4 Å². The van der Waals surface area contributed by atoms with Gasteiger partial charge in [-0.3, -0.25) is 33.6 Å². The summed E-state index contributed by atoms with van der Waals surface area (Å²) >= 11 is 0. The van der Waals surface area contributed by atoms with Crippen molar-refractivity contribution in [2.24, 2.45) is 11.7 Å². The van der Waals surface area contributed by atoms with Crippen molar-refractivity contribution in [1.29, 1.82) is 0 Å². The summed E-state index contributed by atoms with van der Waals surface area (Å²) in [4.78, 5) is 90.3. The van der Waals surface area contributed by atoms with Crippen LogP contribution in [0.4, 0.5) is 0 Å². The number of carbonyl (C=O) groups is 7. The molecule has 2 aromatic carbocycles. The van der Waals surface area contributed by atoms with Gasteiger partial charge >= 0.3 is 5.97 Å². The lowest BCUT2D eigenvalue weighted by atomic mass is 9.90. The SMILES string of the molecule is CC(=O)NCCC[C@H](CC(=O)[C@H](Cc1ccc2ccccc2c1)NC(=O)[C@@H]1CCCCN1C(=O)[C@H](CCC(=O)O)NC(=O)C1CO1)C(N)=O. The molecule has 14 nitrogen and oxygen atoms in total. The molecule has 6 N–H and O–H groups in total. The zero-order chi connectivity index (χ0) is 35.5. The van der Waals surface area contributed by atoms with Crippen molar-refractivity contribution < 1.29 is 43.4 Å². The van der Waals surface area contributed by atoms with Crippen LogP contribution in [0.5, 0.6) is 0 Å². The lowest BCUT2D eigenvalue weighted by molar-refractivity contribution is -0.146. The standard InChI is InChI=1S/C35H45N5O9/c1-21(41)37-15-6-9-25(32(36)45)19-29(42)27(18-22-11-12-23-7-2-3-8-24(23)17-22)39-33(46)28-10-4-5-16-40(28)35(48)26(13-14-31(43)44)38-34(47)30-20-49-30/h2-3,7-8,11-12,17,25-28,30H,4-6,9-10,13-16,18-20H2,1H3,(H2,36,45)(H,37,41)(H,38,47)(H,39,46)(H,43,44)/t25-,26+,27+,28+,30?/m1/s1. The molecule has 49 heavy (non-hydrogen) atoms. The molecule has 5 atom stereocenters. The molecule has 0 aliphatic carbocycles. The number of hydrogen-bond acceptors (Lipinski definition) is 8. The number of carboxylic acid groups (broad SMARTS) is 1. The Balaban J connectivity index is 1.54. The molecule has 1 unspecified atom stereocenters. The number of rotatable bonds is 18. The molecule has 0 saturated carbocycles. The van der Waals surface area contributed by atoms with E-state index in [-0.39, 0.29) is 51.2 Å². The fraction of sp³-hybridized carbons (Fsp3) is 0.514. The average Bonchev–Trinajstić information content (AvgIpc) is 3.93. The molecule has 0 bridgehead atoms. The summed E-state index contributed by atoms with van der Waals surface area (Å²) in [7, 11) is 0. The summed E-state index contributed by atoms with van der Waals surface area (Å²) in [6.07, 6.45) is 0.860. The van der Waals surface area contributed by atoms with Crippen molar-refractivity contribution >= 4 is 52.1 Å². The zero-order valence-corrected chi connectivity index (χ0v) is 27.7. The van der Waals surface area contributed by atoms with Crippen LogP contribution in [0.25, 0.3) is 10.8 Å². The topological polar surface area (TPSA) is 218 Å². The summed E-state index contributed by atoms with van der Waals surface area (Å²) in [6, 6.07) is 10.2. The first-order chi connectivity index (χ1) is 23.4. The van der Waals surface area contributed by atoms with Gasteiger partial charge in [-0.05, 0) is 61.3 Å². The highest BCUT2D eigenvalue weighted by atomic mass is 16.6. The van der Waals surface area contributed by atoms with Crippen LogP contribution in [0.1, 0.15) is 63.9 Å². The molecule has 2 saturated heterocycles. The Morgan fingerprint density at radius 2 is 1.67 bits per heavy atom. The predicted molar refractivity (Wildman–Crippen MR) is 178 cm³/mol. The van der Waals surface area contributed by atoms with E-state index in [1.54, 1.807) is 0 Å². The molecule has 2 aliphatic heterocycles. The van der Waals surface area contributed by atoms with E-state index in [4.69, 9.17) is 10.5 Å². The van der Waals surface area contributed by atoms with E-state index in [2.05, 4.69) is 16.0 Å². The minimum absolute atomic E-state index is 0.117. The van der Waals surface area contributed by atoms with E-state index < -0.39 is 65.5 Å². The Hall–Kier alpha value is -4.85. The lowest BCUT2D eigenvalue weighted by Crippen LogP contribution is -2.59. The van der Waals surface area contributed by atoms with E-state index in [9.17, 15) is 38.7 Å². The number of ether oxygens (including phenoxy) is 1. The number of piperidine rings is 1. The molecule has 0 radical (unpaired) electrons. The van der Waals surface area contributed by atoms with E-state index in [1.165, 1.54) is 11.8 Å². The third-order valence-corrected chi connectivity index (χ3v) is 8.89. The number of primary amides is 1. The summed E-state index contributed by atoms with van der Waals surface area (Å²) in [5, 5.41) is 19.3. The van der Waals surface area contributed by atoms with Crippen molar-refractivity contribution in [3.05, 3.63) is 48.0 Å². The fourth-order valence-electron chi connectivity index (χ4n) is 6.12. The first-order valence-corrected chi connectivity index (χ1v) is 16.7. The van der Waals surface area contributed by atoms with Crippen LogP contribution < -0.4 is 21.7 Å². The molecule has 264 valence electrons. The maximum absolute atomic E-state index is 14.0. The second kappa shape index (κ2) is 17.5. The van der Waals surface area contributed by atoms with Gasteiger partial charge in [-0.2, -0.15) is 0 Å². The van der Waals surface area contributed by atoms with Crippen LogP contribution in [0.3, 0.4) is 0 Å². The van der Waals surface area contributed by atoms with Crippen LogP contribution >= 0.6 is 0 Å². The van der Waals surface area contributed by atoms with Crippen molar-refractivity contribution in [3.8, 4) is 0 Å². The van der Waals surface area contributed by atoms with Crippen molar-refractivity contribution in [3.63, 3.8) is 0 Å². The van der Waals surface area contributed by atoms with Gasteiger partial charge in [0.05, 0.1) is 12.6 Å². The maximum Gasteiger partial charge on any atom is 0.303 e. The number of fused-ring (bicyclic) bond motifs is 1. The normalized spacial score (nSPS) is 18.8. The molecule has 2 aliphatic rings. The number of likely N-dealkylation sites (tertiary alicyclic amines) is 1. The number of aliphatic carboxylic acids is 1. The number of hydrogen-bond donors (Lipinski definition) is 5. The predicted octanol–water partition coefficient (Wildman–Crippen LogP) is 0.974. The summed E-state index contributed by atoms with van der Waals surface area (Å²) < 4.78 is 5.00. The molecule has 0 aromatic heterocycles. The molecule has 0 spiro atoms. The van der Waals surface area contributed by atoms with E-state index >= 15 is 0 Å². The Kier molecular flexibility index (Phi) is 13.2. The van der Waals surface area contributed by atoms with E-state index in [0.717, 1.165) is 16.3 Å². The largest absolute Gasteiger partial charge is 0.481 e. The van der Waals surface area contributed by atoms with Gasteiger partial charge in [0, 0.05) is 38.8 Å². The molecule has 2 aromatic rings. The van der Waals surface area contributed by atoms with Gasteiger partial charge in [0.2, 0.25) is 23.6 Å². The second-order valence-corrected chi connectivity index (χ2v) is 12.7. The molecular weight excluding hydrogens is 634 g/mol. The number of benzene rings is 2. The van der Waals surface area contributed by atoms with E-state index in [1.807, 2.05) is 42.5 Å². The van der Waals surface area contributed by atoms with Gasteiger partial charge in [0.1, 0.15) is 12.1 Å². The summed E-state index contributed by atoms with van der Waals surface area (Å²) in [5.41, 5.74) is 6.43. The number of epoxide rings is 1. The van der Waals surface area contributed by atoms with Gasteiger partial charge in [0.15, 0.2) is 11.9 Å². The van der Waals surface area contributed by atoms with Crippen molar-refractivity contribution in [1.82, 2.24) is 20.9 Å². The van der Waals surface area contributed by atoms with E-state index in [0.29, 0.717) is 32.2 Å². The minimum atomic E-state index is -1.18. The fourth-order valence-corrected chi connectivity index (χ4v) is 6.12. The van der Waals surface area contributed by atoms with Gasteiger partial charge in [-0.15, -0.1) is 0 Å². The average molecular weight is 680 g/mol. The molecule has 5 amide bonds. The minimum Gasteiger partial charge on any atom is -0.481 e. The number of ketones is 1. The van der Waals surface area contributed by atoms with Gasteiger partial charge in [0.25, 0.3) is 5.91 Å². The number of carboxylic acids is 1. The molecule has 4 rings (SSSR count). The molecular formula is C35H45N5O9. The highest BCUT2D eigenvalue weighted by Crippen LogP contribution is 2.23. The number of nitrogens with one attached hydrogen (secondary N) is 3. The number of nitrogens with two attached hydrogens (primary N) is 1. The van der Waals surface area contributed by atoms with Crippen LogP contribution in [0, 0.1) is 5.92 Å². The molecule has 2 fully saturated rings. The Morgan fingerprint density at radius 1 is 0.959 bits per heavy atom. The quantitative estimate of drug-likeness (QED) is 0.112. The number of amides is 5. The number of Topliss-reactive ketones (excluding diaryl/α,β-unsaturated/α-hetero) is 1. The third-order valence-electron chi connectivity index (χ3n) is 8.89. The Labute approximate surface area is 284 Å². The second-order valence-electron chi connectivity index (χ2n) is 12.7. The number of nitrogens with zero attached hydrogens (tertiary/aromatic N) is 1. The highest BCUT2D eigenvalue weighted by Gasteiger charge is 2.40. The Morgan fingerprint density at radius 3 is 2.35 bits per heavy atom. The van der Waals surface area contributed by atoms with Crippen LogP contribution in [-0.4, -0.2) is 95.2 Å².